The van der Waals surface area contributed by atoms with E-state index in [1.54, 1.807) is 18.9 Å². The van der Waals surface area contributed by atoms with Crippen LogP contribution >= 0.6 is 0 Å². The van der Waals surface area contributed by atoms with Gasteiger partial charge in [-0.1, -0.05) is 37.5 Å². The molecule has 0 aliphatic heterocycles. The molecule has 31 heavy (non-hydrogen) atoms. The van der Waals surface area contributed by atoms with E-state index in [9.17, 15) is 4.79 Å². The average molecular weight is 422 g/mol. The van der Waals surface area contributed by atoms with E-state index < -0.39 is 0 Å². The van der Waals surface area contributed by atoms with Gasteiger partial charge in [-0.3, -0.25) is 4.79 Å². The number of aryl methyl sites for hydroxylation is 2. The molecule has 1 amide bonds. The lowest BCUT2D eigenvalue weighted by atomic mass is 10.1. The van der Waals surface area contributed by atoms with Crippen LogP contribution in [-0.4, -0.2) is 36.5 Å². The van der Waals surface area contributed by atoms with Gasteiger partial charge in [0.2, 0.25) is 0 Å². The Kier molecular flexibility index (Phi) is 7.34. The molecule has 3 rings (SSSR count). The lowest BCUT2D eigenvalue weighted by Crippen LogP contribution is -2.27. The molecular weight excluding hydrogens is 390 g/mol. The van der Waals surface area contributed by atoms with Crippen LogP contribution in [0.1, 0.15) is 47.8 Å². The fraction of sp³-hybridized carbons (Fsp3) is 0.360. The Morgan fingerprint density at radius 1 is 1.03 bits per heavy atom. The summed E-state index contributed by atoms with van der Waals surface area (Å²) in [5.74, 6) is 1.20. The summed E-state index contributed by atoms with van der Waals surface area (Å²) < 4.78 is 12.6. The third-order valence-corrected chi connectivity index (χ3v) is 5.27. The van der Waals surface area contributed by atoms with Crippen LogP contribution < -0.4 is 14.8 Å². The molecule has 1 aromatic heterocycles. The first kappa shape index (κ1) is 22.4. The van der Waals surface area contributed by atoms with Gasteiger partial charge in [-0.15, -0.1) is 0 Å². The molecule has 3 aromatic rings. The molecule has 1 heterocycles. The molecule has 0 saturated carbocycles. The number of carbonyl (C=O) groups excluding carboxylic acids is 1. The predicted octanol–water partition coefficient (Wildman–Crippen LogP) is 5.09. The fourth-order valence-electron chi connectivity index (χ4n) is 3.58. The monoisotopic (exact) mass is 421 g/mol. The number of nitrogens with zero attached hydrogens (tertiary/aromatic N) is 2. The van der Waals surface area contributed by atoms with Crippen LogP contribution in [0.15, 0.2) is 42.5 Å². The number of nitrogens with one attached hydrogen (secondary N) is 1. The van der Waals surface area contributed by atoms with Crippen LogP contribution in [0, 0.1) is 13.8 Å². The normalized spacial score (nSPS) is 10.7. The molecule has 0 atom stereocenters. The van der Waals surface area contributed by atoms with Gasteiger partial charge in [0.1, 0.15) is 17.2 Å². The summed E-state index contributed by atoms with van der Waals surface area (Å²) in [6.45, 7) is 6.87. The van der Waals surface area contributed by atoms with Crippen LogP contribution in [0.3, 0.4) is 0 Å². The van der Waals surface area contributed by atoms with Crippen molar-refractivity contribution >= 4 is 5.91 Å². The molecule has 0 spiro atoms. The van der Waals surface area contributed by atoms with E-state index in [4.69, 9.17) is 14.6 Å². The van der Waals surface area contributed by atoms with Crippen molar-refractivity contribution in [3.05, 3.63) is 59.3 Å². The smallest absolute Gasteiger partial charge is 0.270 e. The van der Waals surface area contributed by atoms with Crippen molar-refractivity contribution in [2.45, 2.75) is 40.0 Å². The minimum Gasteiger partial charge on any atom is -0.497 e. The number of unbranched alkanes of at least 4 members (excludes halogenated alkanes) is 2. The summed E-state index contributed by atoms with van der Waals surface area (Å²) in [5, 5.41) is 7.84. The summed E-state index contributed by atoms with van der Waals surface area (Å²) in [6.07, 6.45) is 3.15. The van der Waals surface area contributed by atoms with Crippen LogP contribution in [-0.2, 0) is 0 Å². The van der Waals surface area contributed by atoms with Gasteiger partial charge < -0.3 is 14.8 Å². The van der Waals surface area contributed by atoms with E-state index in [1.807, 2.05) is 43.3 Å². The van der Waals surface area contributed by atoms with Crippen molar-refractivity contribution in [3.63, 3.8) is 0 Å². The standard InChI is InChI=1S/C25H31N3O3/c1-6-7-8-13-26-25(29)23-16-21(20-11-10-19(30-4)15-24(20)31-5)27-28(23)22-12-9-17(2)14-18(22)3/h9-12,14-16H,6-8,13H2,1-5H3,(H,26,29). The Labute approximate surface area is 184 Å². The first-order valence-corrected chi connectivity index (χ1v) is 10.7. The van der Waals surface area contributed by atoms with Crippen molar-refractivity contribution in [2.75, 3.05) is 20.8 Å². The number of benzene rings is 2. The highest BCUT2D eigenvalue weighted by molar-refractivity contribution is 5.94. The molecule has 0 aliphatic carbocycles. The molecule has 6 nitrogen and oxygen atoms in total. The van der Waals surface area contributed by atoms with Gasteiger partial charge in [0.25, 0.3) is 5.91 Å². The van der Waals surface area contributed by atoms with Gasteiger partial charge in [0, 0.05) is 18.2 Å². The molecule has 0 saturated heterocycles. The zero-order valence-electron chi connectivity index (χ0n) is 19.0. The largest absolute Gasteiger partial charge is 0.497 e. The number of amides is 1. The number of aromatic nitrogens is 2. The Hall–Kier alpha value is -3.28. The highest BCUT2D eigenvalue weighted by atomic mass is 16.5. The predicted molar refractivity (Wildman–Crippen MR) is 123 cm³/mol. The minimum absolute atomic E-state index is 0.137. The van der Waals surface area contributed by atoms with Crippen molar-refractivity contribution in [1.29, 1.82) is 0 Å². The third-order valence-electron chi connectivity index (χ3n) is 5.27. The zero-order valence-corrected chi connectivity index (χ0v) is 19.0. The van der Waals surface area contributed by atoms with E-state index in [-0.39, 0.29) is 5.91 Å². The number of ether oxygens (including phenoxy) is 2. The summed E-state index contributed by atoms with van der Waals surface area (Å²) in [4.78, 5) is 13.1. The quantitative estimate of drug-likeness (QED) is 0.489. The Morgan fingerprint density at radius 2 is 1.84 bits per heavy atom. The Balaban J connectivity index is 2.07. The molecule has 0 radical (unpaired) electrons. The topological polar surface area (TPSA) is 65.4 Å². The number of rotatable bonds is 9. The number of carbonyl (C=O) groups is 1. The lowest BCUT2D eigenvalue weighted by molar-refractivity contribution is 0.0945. The summed E-state index contributed by atoms with van der Waals surface area (Å²) >= 11 is 0. The summed E-state index contributed by atoms with van der Waals surface area (Å²) in [6, 6.07) is 13.5. The maximum atomic E-state index is 13.1. The first-order valence-electron chi connectivity index (χ1n) is 10.7. The highest BCUT2D eigenvalue weighted by Gasteiger charge is 2.20. The lowest BCUT2D eigenvalue weighted by Gasteiger charge is -2.11. The van der Waals surface area contributed by atoms with Gasteiger partial charge in [-0.05, 0) is 50.1 Å². The molecule has 0 bridgehead atoms. The molecule has 0 fully saturated rings. The van der Waals surface area contributed by atoms with E-state index in [0.717, 1.165) is 41.6 Å². The third kappa shape index (κ3) is 5.08. The van der Waals surface area contributed by atoms with E-state index in [2.05, 4.69) is 25.2 Å². The molecule has 164 valence electrons. The number of hydrogen-bond acceptors (Lipinski definition) is 4. The average Bonchev–Trinajstić information content (AvgIpc) is 3.21. The molecule has 2 aromatic carbocycles. The first-order chi connectivity index (χ1) is 15.0. The molecule has 0 aliphatic rings. The van der Waals surface area contributed by atoms with Crippen LogP contribution in [0.2, 0.25) is 0 Å². The summed E-state index contributed by atoms with van der Waals surface area (Å²) in [7, 11) is 3.23. The maximum Gasteiger partial charge on any atom is 0.270 e. The van der Waals surface area contributed by atoms with Crippen molar-refractivity contribution in [2.24, 2.45) is 0 Å². The molecule has 1 N–H and O–H groups in total. The van der Waals surface area contributed by atoms with E-state index in [1.165, 1.54) is 0 Å². The van der Waals surface area contributed by atoms with Crippen LogP contribution in [0.4, 0.5) is 0 Å². The van der Waals surface area contributed by atoms with Gasteiger partial charge in [0.05, 0.1) is 25.6 Å². The van der Waals surface area contributed by atoms with Crippen LogP contribution in [0.5, 0.6) is 11.5 Å². The van der Waals surface area contributed by atoms with Gasteiger partial charge >= 0.3 is 0 Å². The van der Waals surface area contributed by atoms with Crippen molar-refractivity contribution in [1.82, 2.24) is 15.1 Å². The van der Waals surface area contributed by atoms with Gasteiger partial charge in [-0.2, -0.15) is 5.10 Å². The second kappa shape index (κ2) is 10.2. The van der Waals surface area contributed by atoms with Crippen molar-refractivity contribution in [3.8, 4) is 28.4 Å². The van der Waals surface area contributed by atoms with Crippen molar-refractivity contribution < 1.29 is 14.3 Å². The number of methoxy groups -OCH3 is 2. The van der Waals surface area contributed by atoms with Gasteiger partial charge in [-0.25, -0.2) is 4.68 Å². The van der Waals surface area contributed by atoms with Gasteiger partial charge in [0.15, 0.2) is 0 Å². The molecule has 6 heteroatoms. The maximum absolute atomic E-state index is 13.1. The van der Waals surface area contributed by atoms with Crippen LogP contribution in [0.25, 0.3) is 16.9 Å². The minimum atomic E-state index is -0.137. The molecule has 0 unspecified atom stereocenters. The fourth-order valence-corrected chi connectivity index (χ4v) is 3.58. The molecular formula is C25H31N3O3. The Bertz CT molecular complexity index is 1060. The van der Waals surface area contributed by atoms with E-state index >= 15 is 0 Å². The second-order valence-electron chi connectivity index (χ2n) is 7.65. The SMILES string of the molecule is CCCCCNC(=O)c1cc(-c2ccc(OC)cc2OC)nn1-c1ccc(C)cc1C. The Morgan fingerprint density at radius 3 is 2.52 bits per heavy atom. The van der Waals surface area contributed by atoms with E-state index in [0.29, 0.717) is 29.4 Å². The second-order valence-corrected chi connectivity index (χ2v) is 7.65. The number of hydrogen-bond donors (Lipinski definition) is 1. The summed E-state index contributed by atoms with van der Waals surface area (Å²) in [5.41, 5.74) is 5.05. The highest BCUT2D eigenvalue weighted by Crippen LogP contribution is 2.33. The zero-order chi connectivity index (χ0) is 22.4.